The van der Waals surface area contributed by atoms with Gasteiger partial charge in [0.05, 0.1) is 16.7 Å². The number of hydrogen-bond acceptors (Lipinski definition) is 1. The van der Waals surface area contributed by atoms with Gasteiger partial charge in [0.25, 0.3) is 0 Å². The van der Waals surface area contributed by atoms with Crippen molar-refractivity contribution in [1.29, 1.82) is 5.26 Å². The van der Waals surface area contributed by atoms with Crippen LogP contribution in [0.25, 0.3) is 6.08 Å². The lowest BCUT2D eigenvalue weighted by molar-refractivity contribution is 0.625. The molecular weight excluding hydrogens is 189 g/mol. The molecule has 3 heteroatoms. The first kappa shape index (κ1) is 9.76. The maximum atomic E-state index is 13.3. The highest BCUT2D eigenvalue weighted by molar-refractivity contribution is 6.30. The Morgan fingerprint density at radius 1 is 1.54 bits per heavy atom. The summed E-state index contributed by atoms with van der Waals surface area (Å²) in [5.41, 5.74) is 0.539. The van der Waals surface area contributed by atoms with Gasteiger partial charge in [0.2, 0.25) is 0 Å². The minimum atomic E-state index is -0.543. The average Bonchev–Trinajstić information content (AvgIpc) is 2.14. The first-order chi connectivity index (χ1) is 6.20. The van der Waals surface area contributed by atoms with Gasteiger partial charge in [-0.2, -0.15) is 5.26 Å². The molecular formula is C10H7ClFN. The van der Waals surface area contributed by atoms with Gasteiger partial charge in [-0.3, -0.25) is 0 Å². The lowest BCUT2D eigenvalue weighted by Gasteiger charge is -2.00. The predicted octanol–water partition coefficient (Wildman–Crippen LogP) is 3.38. The van der Waals surface area contributed by atoms with Gasteiger partial charge in [-0.15, -0.1) is 0 Å². The molecule has 1 aromatic carbocycles. The Balaban J connectivity index is 3.43. The second-order valence-corrected chi connectivity index (χ2v) is 2.84. The van der Waals surface area contributed by atoms with E-state index in [2.05, 4.69) is 0 Å². The molecule has 0 N–H and O–H groups in total. The van der Waals surface area contributed by atoms with Gasteiger partial charge in [-0.25, -0.2) is 4.39 Å². The van der Waals surface area contributed by atoms with Crippen molar-refractivity contribution in [2.75, 3.05) is 0 Å². The molecule has 0 spiro atoms. The molecule has 0 aliphatic heterocycles. The largest absolute Gasteiger partial charge is 0.205 e. The minimum absolute atomic E-state index is 0.0344. The third-order valence-electron chi connectivity index (χ3n) is 1.59. The molecule has 1 nitrogen and oxygen atoms in total. The highest BCUT2D eigenvalue weighted by Crippen LogP contribution is 2.22. The van der Waals surface area contributed by atoms with Crippen LogP contribution in [-0.2, 0) is 0 Å². The van der Waals surface area contributed by atoms with E-state index in [4.69, 9.17) is 16.9 Å². The van der Waals surface area contributed by atoms with Crippen LogP contribution in [0.3, 0.4) is 0 Å². The smallest absolute Gasteiger partial charge is 0.150 e. The molecule has 0 unspecified atom stereocenters. The van der Waals surface area contributed by atoms with E-state index in [9.17, 15) is 4.39 Å². The highest BCUT2D eigenvalue weighted by atomic mass is 35.5. The molecule has 1 aromatic rings. The number of nitriles is 1. The number of rotatable bonds is 1. The lowest BCUT2D eigenvalue weighted by atomic mass is 10.1. The molecule has 0 heterocycles. The molecule has 1 rings (SSSR count). The Morgan fingerprint density at radius 3 is 2.77 bits per heavy atom. The lowest BCUT2D eigenvalue weighted by Crippen LogP contribution is -1.89. The van der Waals surface area contributed by atoms with Gasteiger partial charge in [-0.1, -0.05) is 23.8 Å². The summed E-state index contributed by atoms with van der Waals surface area (Å²) in [7, 11) is 0. The molecule has 0 aromatic heterocycles. The number of hydrogen-bond donors (Lipinski definition) is 0. The van der Waals surface area contributed by atoms with E-state index in [0.717, 1.165) is 0 Å². The van der Waals surface area contributed by atoms with Crippen molar-refractivity contribution in [3.8, 4) is 6.07 Å². The van der Waals surface area contributed by atoms with Crippen molar-refractivity contribution < 1.29 is 4.39 Å². The van der Waals surface area contributed by atoms with Crippen LogP contribution >= 0.6 is 11.6 Å². The summed E-state index contributed by atoms with van der Waals surface area (Å²) in [4.78, 5) is 0. The van der Waals surface area contributed by atoms with E-state index in [1.807, 2.05) is 6.07 Å². The number of allylic oxidation sites excluding steroid dienone is 1. The van der Waals surface area contributed by atoms with Crippen LogP contribution in [0.2, 0.25) is 5.02 Å². The van der Waals surface area contributed by atoms with E-state index in [0.29, 0.717) is 5.56 Å². The van der Waals surface area contributed by atoms with Crippen molar-refractivity contribution in [2.24, 2.45) is 0 Å². The fourth-order valence-corrected chi connectivity index (χ4v) is 1.16. The van der Waals surface area contributed by atoms with Gasteiger partial charge < -0.3 is 0 Å². The second kappa shape index (κ2) is 4.06. The van der Waals surface area contributed by atoms with Crippen LogP contribution < -0.4 is 0 Å². The standard InChI is InChI=1S/C10H7ClFN/c1-2-3-8-7(6-13)4-5-9(11)10(8)12/h2-5H,1H3/b3-2+. The summed E-state index contributed by atoms with van der Waals surface area (Å²) in [5.74, 6) is -0.543. The third-order valence-corrected chi connectivity index (χ3v) is 1.88. The first-order valence-corrected chi connectivity index (χ1v) is 4.09. The number of benzene rings is 1. The Labute approximate surface area is 81.1 Å². The van der Waals surface area contributed by atoms with E-state index in [-0.39, 0.29) is 10.6 Å². The fourth-order valence-electron chi connectivity index (χ4n) is 0.993. The minimum Gasteiger partial charge on any atom is -0.205 e. The molecule has 0 saturated carbocycles. The molecule has 0 aliphatic carbocycles. The maximum Gasteiger partial charge on any atom is 0.150 e. The van der Waals surface area contributed by atoms with E-state index < -0.39 is 5.82 Å². The van der Waals surface area contributed by atoms with Crippen LogP contribution in [0.15, 0.2) is 18.2 Å². The van der Waals surface area contributed by atoms with Crippen molar-refractivity contribution in [2.45, 2.75) is 6.92 Å². The predicted molar refractivity (Wildman–Crippen MR) is 50.8 cm³/mol. The zero-order valence-electron chi connectivity index (χ0n) is 7.01. The molecule has 0 saturated heterocycles. The fraction of sp³-hybridized carbons (Fsp3) is 0.100. The van der Waals surface area contributed by atoms with E-state index in [1.165, 1.54) is 18.2 Å². The van der Waals surface area contributed by atoms with E-state index in [1.54, 1.807) is 13.0 Å². The molecule has 66 valence electrons. The SMILES string of the molecule is C/C=C/c1c(C#N)ccc(Cl)c1F. The summed E-state index contributed by atoms with van der Waals surface area (Å²) in [5, 5.41) is 8.70. The molecule has 0 atom stereocenters. The van der Waals surface area contributed by atoms with Crippen LogP contribution in [-0.4, -0.2) is 0 Å². The Hall–Kier alpha value is -1.33. The van der Waals surface area contributed by atoms with Gasteiger partial charge in [0.15, 0.2) is 0 Å². The first-order valence-electron chi connectivity index (χ1n) is 3.71. The Bertz CT molecular complexity index is 391. The summed E-state index contributed by atoms with van der Waals surface area (Å²) in [6, 6.07) is 4.78. The third kappa shape index (κ3) is 1.88. The zero-order valence-corrected chi connectivity index (χ0v) is 7.77. The Morgan fingerprint density at radius 2 is 2.23 bits per heavy atom. The van der Waals surface area contributed by atoms with Crippen LogP contribution in [0, 0.1) is 17.1 Å². The Kier molecular flexibility index (Phi) is 3.05. The normalized spacial score (nSPS) is 10.3. The summed E-state index contributed by atoms with van der Waals surface area (Å²) < 4.78 is 13.3. The van der Waals surface area contributed by atoms with Gasteiger partial charge in [-0.05, 0) is 19.1 Å². The summed E-state index contributed by atoms with van der Waals surface area (Å²) >= 11 is 5.56. The molecule has 0 amide bonds. The summed E-state index contributed by atoms with van der Waals surface area (Å²) in [6.07, 6.45) is 3.19. The second-order valence-electron chi connectivity index (χ2n) is 2.43. The van der Waals surface area contributed by atoms with Crippen LogP contribution in [0.5, 0.6) is 0 Å². The highest BCUT2D eigenvalue weighted by Gasteiger charge is 2.08. The number of halogens is 2. The zero-order chi connectivity index (χ0) is 9.84. The average molecular weight is 196 g/mol. The molecule has 13 heavy (non-hydrogen) atoms. The van der Waals surface area contributed by atoms with E-state index >= 15 is 0 Å². The van der Waals surface area contributed by atoms with Crippen molar-refractivity contribution in [3.05, 3.63) is 40.2 Å². The topological polar surface area (TPSA) is 23.8 Å². The van der Waals surface area contributed by atoms with Crippen molar-refractivity contribution in [1.82, 2.24) is 0 Å². The summed E-state index contributed by atoms with van der Waals surface area (Å²) in [6.45, 7) is 1.75. The molecule has 0 bridgehead atoms. The van der Waals surface area contributed by atoms with Gasteiger partial charge >= 0.3 is 0 Å². The molecule has 0 radical (unpaired) electrons. The van der Waals surface area contributed by atoms with Crippen LogP contribution in [0.1, 0.15) is 18.1 Å². The quantitative estimate of drug-likeness (QED) is 0.674. The number of nitrogens with zero attached hydrogens (tertiary/aromatic N) is 1. The van der Waals surface area contributed by atoms with Crippen LogP contribution in [0.4, 0.5) is 4.39 Å². The molecule has 0 aliphatic rings. The van der Waals surface area contributed by atoms with Crippen molar-refractivity contribution in [3.63, 3.8) is 0 Å². The van der Waals surface area contributed by atoms with Gasteiger partial charge in [0.1, 0.15) is 5.82 Å². The maximum absolute atomic E-state index is 13.3. The van der Waals surface area contributed by atoms with Gasteiger partial charge in [0, 0.05) is 5.56 Å². The van der Waals surface area contributed by atoms with Crippen molar-refractivity contribution >= 4 is 17.7 Å². The monoisotopic (exact) mass is 195 g/mol. The molecule has 0 fully saturated rings.